The molecular formula is C15H26N2O4. The minimum absolute atomic E-state index is 0.0104. The number of hydrogen-bond donors (Lipinski definition) is 1. The highest BCUT2D eigenvalue weighted by Gasteiger charge is 2.28. The van der Waals surface area contributed by atoms with Gasteiger partial charge in [0.1, 0.15) is 0 Å². The molecular weight excluding hydrogens is 272 g/mol. The summed E-state index contributed by atoms with van der Waals surface area (Å²) in [7, 11) is 0. The van der Waals surface area contributed by atoms with Gasteiger partial charge in [-0.2, -0.15) is 0 Å². The average Bonchev–Trinajstić information content (AvgIpc) is 2.54. The Morgan fingerprint density at radius 3 is 2.48 bits per heavy atom. The molecule has 2 saturated heterocycles. The third-order valence-electron chi connectivity index (χ3n) is 4.28. The van der Waals surface area contributed by atoms with Crippen molar-refractivity contribution in [1.82, 2.24) is 10.2 Å². The molecule has 0 spiro atoms. The second kappa shape index (κ2) is 8.22. The van der Waals surface area contributed by atoms with E-state index in [1.165, 1.54) is 0 Å². The second-order valence-electron chi connectivity index (χ2n) is 5.76. The van der Waals surface area contributed by atoms with Gasteiger partial charge in [0.15, 0.2) is 0 Å². The van der Waals surface area contributed by atoms with Crippen LogP contribution in [0.25, 0.3) is 0 Å². The summed E-state index contributed by atoms with van der Waals surface area (Å²) < 4.78 is 10.3. The Hall–Kier alpha value is -1.30. The Bertz CT molecular complexity index is 348. The van der Waals surface area contributed by atoms with Crippen molar-refractivity contribution >= 4 is 12.0 Å². The second-order valence-corrected chi connectivity index (χ2v) is 5.76. The van der Waals surface area contributed by atoms with E-state index in [1.54, 1.807) is 4.90 Å². The minimum atomic E-state index is -0.125. The summed E-state index contributed by atoms with van der Waals surface area (Å²) in [5.41, 5.74) is 0. The molecule has 2 aliphatic heterocycles. The number of likely N-dealkylation sites (tertiary alicyclic amines) is 1. The number of carbonyl (C=O) groups is 2. The molecule has 0 aromatic rings. The average molecular weight is 298 g/mol. The van der Waals surface area contributed by atoms with E-state index < -0.39 is 0 Å². The van der Waals surface area contributed by atoms with Crippen LogP contribution in [0.1, 0.15) is 32.6 Å². The number of nitrogens with one attached hydrogen (secondary N) is 1. The van der Waals surface area contributed by atoms with Crippen LogP contribution < -0.4 is 5.32 Å². The molecule has 6 nitrogen and oxygen atoms in total. The van der Waals surface area contributed by atoms with Crippen LogP contribution in [-0.2, 0) is 14.3 Å². The maximum atomic E-state index is 12.1. The van der Waals surface area contributed by atoms with Gasteiger partial charge in [0.2, 0.25) is 0 Å². The Labute approximate surface area is 126 Å². The molecule has 2 heterocycles. The first-order valence-corrected chi connectivity index (χ1v) is 7.98. The Balaban J connectivity index is 1.66. The molecule has 21 heavy (non-hydrogen) atoms. The number of esters is 1. The van der Waals surface area contributed by atoms with Crippen molar-refractivity contribution in [2.45, 2.75) is 32.6 Å². The normalized spacial score (nSPS) is 21.1. The van der Waals surface area contributed by atoms with E-state index in [4.69, 9.17) is 9.47 Å². The third-order valence-corrected chi connectivity index (χ3v) is 4.28. The zero-order valence-corrected chi connectivity index (χ0v) is 12.8. The molecule has 2 aliphatic rings. The molecule has 0 radical (unpaired) electrons. The third kappa shape index (κ3) is 4.88. The molecule has 2 rings (SSSR count). The first kappa shape index (κ1) is 16.1. The monoisotopic (exact) mass is 298 g/mol. The zero-order valence-electron chi connectivity index (χ0n) is 12.8. The van der Waals surface area contributed by atoms with Gasteiger partial charge in [-0.05, 0) is 38.5 Å². The van der Waals surface area contributed by atoms with Crippen molar-refractivity contribution in [3.8, 4) is 0 Å². The van der Waals surface area contributed by atoms with Gasteiger partial charge < -0.3 is 19.7 Å². The summed E-state index contributed by atoms with van der Waals surface area (Å²) >= 11 is 0. The predicted octanol–water partition coefficient (Wildman–Crippen LogP) is 1.40. The highest BCUT2D eigenvalue weighted by atomic mass is 16.5. The SMILES string of the molecule is CCOC(=O)C1CCN(C(=O)NCC2CCOCC2)CC1. The summed E-state index contributed by atoms with van der Waals surface area (Å²) in [5.74, 6) is 0.351. The molecule has 2 fully saturated rings. The number of nitrogens with zero attached hydrogens (tertiary/aromatic N) is 1. The van der Waals surface area contributed by atoms with Crippen LogP contribution >= 0.6 is 0 Å². The summed E-state index contributed by atoms with van der Waals surface area (Å²) in [6, 6.07) is -0.0104. The zero-order chi connectivity index (χ0) is 15.1. The molecule has 6 heteroatoms. The van der Waals surface area contributed by atoms with E-state index in [1.807, 2.05) is 6.92 Å². The first-order chi connectivity index (χ1) is 10.2. The summed E-state index contributed by atoms with van der Waals surface area (Å²) in [6.45, 7) is 5.81. The summed E-state index contributed by atoms with van der Waals surface area (Å²) in [4.78, 5) is 25.6. The first-order valence-electron chi connectivity index (χ1n) is 7.98. The number of ether oxygens (including phenoxy) is 2. The van der Waals surface area contributed by atoms with Crippen LogP contribution in [0.5, 0.6) is 0 Å². The lowest BCUT2D eigenvalue weighted by Gasteiger charge is -2.31. The molecule has 0 unspecified atom stereocenters. The van der Waals surface area contributed by atoms with Crippen LogP contribution in [0.4, 0.5) is 4.79 Å². The molecule has 0 saturated carbocycles. The fourth-order valence-corrected chi connectivity index (χ4v) is 2.87. The van der Waals surface area contributed by atoms with Crippen molar-refractivity contribution in [2.24, 2.45) is 11.8 Å². The fourth-order valence-electron chi connectivity index (χ4n) is 2.87. The lowest BCUT2D eigenvalue weighted by atomic mass is 9.97. The van der Waals surface area contributed by atoms with Gasteiger partial charge in [-0.25, -0.2) is 4.79 Å². The van der Waals surface area contributed by atoms with Crippen LogP contribution in [0.15, 0.2) is 0 Å². The Morgan fingerprint density at radius 2 is 1.86 bits per heavy atom. The Kier molecular flexibility index (Phi) is 6.29. The summed E-state index contributed by atoms with van der Waals surface area (Å²) in [6.07, 6.45) is 3.43. The van der Waals surface area contributed by atoms with Gasteiger partial charge in [0, 0.05) is 32.8 Å². The number of amides is 2. The molecule has 1 N–H and O–H groups in total. The number of carbonyl (C=O) groups excluding carboxylic acids is 2. The molecule has 0 aromatic heterocycles. The lowest BCUT2D eigenvalue weighted by molar-refractivity contribution is -0.149. The highest BCUT2D eigenvalue weighted by Crippen LogP contribution is 2.19. The smallest absolute Gasteiger partial charge is 0.317 e. The number of rotatable bonds is 4. The number of urea groups is 1. The molecule has 0 aromatic carbocycles. The van der Waals surface area contributed by atoms with Gasteiger partial charge in [-0.1, -0.05) is 0 Å². The minimum Gasteiger partial charge on any atom is -0.466 e. The van der Waals surface area contributed by atoms with E-state index in [-0.39, 0.29) is 17.9 Å². The predicted molar refractivity (Wildman–Crippen MR) is 77.9 cm³/mol. The number of piperidine rings is 1. The topological polar surface area (TPSA) is 67.9 Å². The highest BCUT2D eigenvalue weighted by molar-refractivity contribution is 5.76. The van der Waals surface area contributed by atoms with Crippen LogP contribution in [0.3, 0.4) is 0 Å². The van der Waals surface area contributed by atoms with Crippen molar-refractivity contribution in [3.05, 3.63) is 0 Å². The largest absolute Gasteiger partial charge is 0.466 e. The molecule has 2 amide bonds. The standard InChI is InChI=1S/C15H26N2O4/c1-2-21-14(18)13-3-7-17(8-4-13)15(19)16-11-12-5-9-20-10-6-12/h12-13H,2-11H2,1H3,(H,16,19). The van der Waals surface area contributed by atoms with Crippen molar-refractivity contribution in [2.75, 3.05) is 39.5 Å². The van der Waals surface area contributed by atoms with Crippen molar-refractivity contribution in [1.29, 1.82) is 0 Å². The van der Waals surface area contributed by atoms with E-state index in [0.717, 1.165) is 32.6 Å². The van der Waals surface area contributed by atoms with Crippen molar-refractivity contribution in [3.63, 3.8) is 0 Å². The van der Waals surface area contributed by atoms with Gasteiger partial charge in [0.25, 0.3) is 0 Å². The van der Waals surface area contributed by atoms with E-state index in [2.05, 4.69) is 5.32 Å². The molecule has 0 bridgehead atoms. The van der Waals surface area contributed by atoms with Gasteiger partial charge in [-0.15, -0.1) is 0 Å². The fraction of sp³-hybridized carbons (Fsp3) is 0.867. The van der Waals surface area contributed by atoms with Crippen LogP contribution in [0.2, 0.25) is 0 Å². The number of hydrogen-bond acceptors (Lipinski definition) is 4. The van der Waals surface area contributed by atoms with E-state index in [0.29, 0.717) is 38.5 Å². The van der Waals surface area contributed by atoms with Crippen LogP contribution in [0, 0.1) is 11.8 Å². The quantitative estimate of drug-likeness (QED) is 0.797. The lowest BCUT2D eigenvalue weighted by Crippen LogP contribution is -2.47. The Morgan fingerprint density at radius 1 is 1.19 bits per heavy atom. The maximum absolute atomic E-state index is 12.1. The van der Waals surface area contributed by atoms with E-state index in [9.17, 15) is 9.59 Å². The summed E-state index contributed by atoms with van der Waals surface area (Å²) in [5, 5.41) is 3.01. The van der Waals surface area contributed by atoms with Gasteiger partial charge in [-0.3, -0.25) is 4.79 Å². The van der Waals surface area contributed by atoms with Gasteiger partial charge >= 0.3 is 12.0 Å². The molecule has 120 valence electrons. The maximum Gasteiger partial charge on any atom is 0.317 e. The van der Waals surface area contributed by atoms with Crippen molar-refractivity contribution < 1.29 is 19.1 Å². The molecule has 0 aliphatic carbocycles. The van der Waals surface area contributed by atoms with Gasteiger partial charge in [0.05, 0.1) is 12.5 Å². The van der Waals surface area contributed by atoms with E-state index >= 15 is 0 Å². The molecule has 0 atom stereocenters. The van der Waals surface area contributed by atoms with Crippen LogP contribution in [-0.4, -0.2) is 56.4 Å².